The minimum absolute atomic E-state index is 0.0484. The molecule has 0 spiro atoms. The molecule has 3 aromatic rings. The van der Waals surface area contributed by atoms with Crippen molar-refractivity contribution in [3.05, 3.63) is 42.5 Å². The van der Waals surface area contributed by atoms with Crippen LogP contribution < -0.4 is 10.6 Å². The summed E-state index contributed by atoms with van der Waals surface area (Å²) >= 11 is 0. The smallest absolute Gasteiger partial charge is 0.308 e. The highest BCUT2D eigenvalue weighted by Gasteiger charge is 2.20. The Morgan fingerprint density at radius 3 is 2.72 bits per heavy atom. The van der Waals surface area contributed by atoms with Gasteiger partial charge in [0.05, 0.1) is 28.9 Å². The van der Waals surface area contributed by atoms with Crippen molar-refractivity contribution in [2.24, 2.45) is 5.92 Å². The zero-order valence-corrected chi connectivity index (χ0v) is 18.9. The van der Waals surface area contributed by atoms with Gasteiger partial charge in [-0.3, -0.25) is 14.0 Å². The second-order valence-electron chi connectivity index (χ2n) is 7.99. The van der Waals surface area contributed by atoms with Crippen molar-refractivity contribution >= 4 is 16.7 Å². The summed E-state index contributed by atoms with van der Waals surface area (Å²) in [5.74, 6) is 0.0343. The van der Waals surface area contributed by atoms with Crippen LogP contribution in [0.4, 0.5) is 0 Å². The maximum absolute atomic E-state index is 12.4. The van der Waals surface area contributed by atoms with E-state index in [-0.39, 0.29) is 17.0 Å². The first-order chi connectivity index (χ1) is 15.5. The molecule has 0 radical (unpaired) electrons. The van der Waals surface area contributed by atoms with E-state index in [0.717, 1.165) is 36.4 Å². The Labute approximate surface area is 188 Å². The number of hydrogen-bond acceptors (Lipinski definition) is 8. The molecule has 1 fully saturated rings. The zero-order chi connectivity index (χ0) is 22.5. The van der Waals surface area contributed by atoms with E-state index in [0.29, 0.717) is 23.9 Å². The lowest BCUT2D eigenvalue weighted by molar-refractivity contribution is 0.0910. The summed E-state index contributed by atoms with van der Waals surface area (Å²) in [6.07, 6.45) is 5.33. The molecule has 2 N–H and O–H groups in total. The normalized spacial score (nSPS) is 17.3. The van der Waals surface area contributed by atoms with Gasteiger partial charge in [0.2, 0.25) is 0 Å². The topological polar surface area (TPSA) is 123 Å². The molecule has 32 heavy (non-hydrogen) atoms. The number of hydrogen-bond donors (Lipinski definition) is 2. The monoisotopic (exact) mass is 454 g/mol. The molecule has 1 aliphatic rings. The highest BCUT2D eigenvalue weighted by Crippen LogP contribution is 2.22. The van der Waals surface area contributed by atoms with Crippen LogP contribution in [0.15, 0.2) is 46.0 Å². The Bertz CT molecular complexity index is 1090. The fourth-order valence-corrected chi connectivity index (χ4v) is 4.42. The molecule has 1 aromatic carbocycles. The van der Waals surface area contributed by atoms with Crippen LogP contribution in [-0.4, -0.2) is 55.2 Å². The fourth-order valence-electron chi connectivity index (χ4n) is 3.47. The van der Waals surface area contributed by atoms with Crippen LogP contribution in [0.5, 0.6) is 0 Å². The summed E-state index contributed by atoms with van der Waals surface area (Å²) in [6.45, 7) is 6.33. The first-order valence-electron chi connectivity index (χ1n) is 10.7. The molecule has 0 saturated carbocycles. The van der Waals surface area contributed by atoms with Gasteiger partial charge in [0, 0.05) is 22.3 Å². The van der Waals surface area contributed by atoms with Crippen molar-refractivity contribution in [3.8, 4) is 22.8 Å². The Kier molecular flexibility index (Phi) is 7.01. The van der Waals surface area contributed by atoms with Crippen LogP contribution in [0, 0.1) is 5.92 Å². The first kappa shape index (κ1) is 22.2. The molecular weight excluding hydrogens is 428 g/mol. The average molecular weight is 455 g/mol. The van der Waals surface area contributed by atoms with Crippen molar-refractivity contribution in [1.29, 1.82) is 0 Å². The molecule has 2 atom stereocenters. The van der Waals surface area contributed by atoms with Gasteiger partial charge in [-0.1, -0.05) is 26.0 Å². The molecule has 1 aliphatic heterocycles. The number of aromatic nitrogens is 4. The van der Waals surface area contributed by atoms with Crippen molar-refractivity contribution in [3.63, 3.8) is 0 Å². The SMILES string of the molecule is CC(C)S(=O)c1ccc(-c2cncc(-c3nnc(C(=O)NCC4CCCNC4)o3)n2)cc1. The predicted molar refractivity (Wildman–Crippen MR) is 120 cm³/mol. The molecule has 2 aromatic heterocycles. The summed E-state index contributed by atoms with van der Waals surface area (Å²) in [5, 5.41) is 14.0. The Morgan fingerprint density at radius 2 is 2.00 bits per heavy atom. The van der Waals surface area contributed by atoms with Crippen molar-refractivity contribution in [2.45, 2.75) is 36.8 Å². The van der Waals surface area contributed by atoms with E-state index < -0.39 is 16.7 Å². The maximum Gasteiger partial charge on any atom is 0.308 e. The Balaban J connectivity index is 1.45. The Morgan fingerprint density at radius 1 is 1.22 bits per heavy atom. The van der Waals surface area contributed by atoms with Gasteiger partial charge in [0.1, 0.15) is 5.69 Å². The highest BCUT2D eigenvalue weighted by molar-refractivity contribution is 7.85. The first-order valence-corrected chi connectivity index (χ1v) is 11.9. The van der Waals surface area contributed by atoms with E-state index in [1.165, 1.54) is 6.20 Å². The van der Waals surface area contributed by atoms with Gasteiger partial charge in [-0.15, -0.1) is 10.2 Å². The quantitative estimate of drug-likeness (QED) is 0.558. The van der Waals surface area contributed by atoms with E-state index in [4.69, 9.17) is 4.42 Å². The number of nitrogens with one attached hydrogen (secondary N) is 2. The summed E-state index contributed by atoms with van der Waals surface area (Å²) in [4.78, 5) is 21.9. The summed E-state index contributed by atoms with van der Waals surface area (Å²) in [5.41, 5.74) is 1.81. The molecule has 9 nitrogen and oxygen atoms in total. The van der Waals surface area contributed by atoms with Crippen LogP contribution in [0.25, 0.3) is 22.8 Å². The highest BCUT2D eigenvalue weighted by atomic mass is 32.2. The van der Waals surface area contributed by atoms with Crippen LogP contribution in [0.2, 0.25) is 0 Å². The van der Waals surface area contributed by atoms with Crippen LogP contribution in [-0.2, 0) is 10.8 Å². The molecule has 10 heteroatoms. The van der Waals surface area contributed by atoms with Gasteiger partial charge >= 0.3 is 11.8 Å². The van der Waals surface area contributed by atoms with E-state index in [1.807, 2.05) is 38.1 Å². The number of rotatable bonds is 7. The van der Waals surface area contributed by atoms with Crippen molar-refractivity contribution in [2.75, 3.05) is 19.6 Å². The average Bonchev–Trinajstić information content (AvgIpc) is 3.33. The van der Waals surface area contributed by atoms with Crippen LogP contribution in [0.3, 0.4) is 0 Å². The molecule has 0 bridgehead atoms. The van der Waals surface area contributed by atoms with Gasteiger partial charge < -0.3 is 15.1 Å². The second kappa shape index (κ2) is 10.1. The van der Waals surface area contributed by atoms with Crippen LogP contribution in [0.1, 0.15) is 37.4 Å². The Hall–Kier alpha value is -2.98. The molecule has 3 heterocycles. The van der Waals surface area contributed by atoms with Gasteiger partial charge in [0.15, 0.2) is 0 Å². The number of carbonyl (C=O) groups is 1. The predicted octanol–water partition coefficient (Wildman–Crippen LogP) is 2.44. The lowest BCUT2D eigenvalue weighted by Gasteiger charge is -2.22. The lowest BCUT2D eigenvalue weighted by Crippen LogP contribution is -2.38. The minimum atomic E-state index is -1.05. The summed E-state index contributed by atoms with van der Waals surface area (Å²) in [7, 11) is -1.05. The molecular formula is C22H26N6O3S. The number of carbonyl (C=O) groups excluding carboxylic acids is 1. The van der Waals surface area contributed by atoms with E-state index in [2.05, 4.69) is 30.8 Å². The molecule has 168 valence electrons. The van der Waals surface area contributed by atoms with Gasteiger partial charge in [0.25, 0.3) is 5.89 Å². The van der Waals surface area contributed by atoms with E-state index in [9.17, 15) is 9.00 Å². The third-order valence-electron chi connectivity index (χ3n) is 5.23. The number of piperidine rings is 1. The lowest BCUT2D eigenvalue weighted by atomic mass is 10.00. The van der Waals surface area contributed by atoms with E-state index in [1.54, 1.807) is 6.20 Å². The van der Waals surface area contributed by atoms with Crippen molar-refractivity contribution < 1.29 is 13.4 Å². The molecule has 1 saturated heterocycles. The molecule has 2 unspecified atom stereocenters. The third kappa shape index (κ3) is 5.25. The maximum atomic E-state index is 12.4. The molecule has 1 amide bonds. The zero-order valence-electron chi connectivity index (χ0n) is 18.1. The largest absolute Gasteiger partial charge is 0.411 e. The van der Waals surface area contributed by atoms with E-state index >= 15 is 0 Å². The van der Waals surface area contributed by atoms with Crippen LogP contribution >= 0.6 is 0 Å². The standard InChI is InChI=1S/C22H26N6O3S/c1-14(2)32(30)17-7-5-16(6-8-17)18-12-24-13-19(26-18)21-27-28-22(31-21)20(29)25-11-15-4-3-9-23-10-15/h5-8,12-15,23H,3-4,9-11H2,1-2H3,(H,25,29). The molecule has 0 aliphatic carbocycles. The second-order valence-corrected chi connectivity index (χ2v) is 10.0. The summed E-state index contributed by atoms with van der Waals surface area (Å²) < 4.78 is 17.8. The fraction of sp³-hybridized carbons (Fsp3) is 0.409. The van der Waals surface area contributed by atoms with Gasteiger partial charge in [-0.2, -0.15) is 0 Å². The molecule has 4 rings (SSSR count). The minimum Gasteiger partial charge on any atom is -0.411 e. The number of amides is 1. The summed E-state index contributed by atoms with van der Waals surface area (Å²) in [6, 6.07) is 7.37. The van der Waals surface area contributed by atoms with Gasteiger partial charge in [-0.25, -0.2) is 4.98 Å². The number of benzene rings is 1. The van der Waals surface area contributed by atoms with Gasteiger partial charge in [-0.05, 0) is 44.0 Å². The van der Waals surface area contributed by atoms with Crippen molar-refractivity contribution in [1.82, 2.24) is 30.8 Å². The third-order valence-corrected chi connectivity index (χ3v) is 6.83. The number of nitrogens with zero attached hydrogens (tertiary/aromatic N) is 4.